The largest absolute Gasteiger partial charge is 0.233 e. The van der Waals surface area contributed by atoms with Crippen LogP contribution in [0, 0.1) is 19.8 Å². The first-order chi connectivity index (χ1) is 12.1. The first-order valence-corrected chi connectivity index (χ1v) is 8.66. The fraction of sp³-hybridized carbons (Fsp3) is 0.167. The first kappa shape index (κ1) is 15.6. The Bertz CT molecular complexity index is 1080. The lowest BCUT2D eigenvalue weighted by molar-refractivity contribution is 0.568. The molecule has 0 aliphatic heterocycles. The molecule has 0 bridgehead atoms. The van der Waals surface area contributed by atoms with Crippen LogP contribution in [-0.2, 0) is 4.79 Å². The summed E-state index contributed by atoms with van der Waals surface area (Å²) in [7, 11) is 0. The van der Waals surface area contributed by atoms with Gasteiger partial charge < -0.3 is 0 Å². The van der Waals surface area contributed by atoms with Crippen LogP contribution in [0.1, 0.15) is 29.2 Å². The van der Waals surface area contributed by atoms with Crippen LogP contribution in [0.5, 0.6) is 0 Å². The van der Waals surface area contributed by atoms with Gasteiger partial charge in [-0.15, -0.1) is 0 Å². The van der Waals surface area contributed by atoms with E-state index in [-0.39, 0.29) is 5.92 Å². The maximum Gasteiger partial charge on any atom is 0.129 e. The van der Waals surface area contributed by atoms with Crippen LogP contribution >= 0.6 is 0 Å². The zero-order chi connectivity index (χ0) is 17.6. The van der Waals surface area contributed by atoms with Gasteiger partial charge in [0, 0.05) is 5.92 Å². The fourth-order valence-electron chi connectivity index (χ4n) is 3.57. The Kier molecular flexibility index (Phi) is 3.67. The molecule has 0 amide bonds. The maximum atomic E-state index is 11.3. The average molecular weight is 324 g/mol. The molecule has 0 fully saturated rings. The number of hydrogen-bond acceptors (Lipinski definition) is 1. The molecule has 1 heteroatoms. The van der Waals surface area contributed by atoms with Crippen molar-refractivity contribution in [3.8, 4) is 11.1 Å². The van der Waals surface area contributed by atoms with Gasteiger partial charge >= 0.3 is 0 Å². The van der Waals surface area contributed by atoms with Gasteiger partial charge in [0.1, 0.15) is 5.94 Å². The van der Waals surface area contributed by atoms with Gasteiger partial charge in [0.05, 0.1) is 5.57 Å². The molecule has 1 nitrogen and oxygen atoms in total. The predicted octanol–water partition coefficient (Wildman–Crippen LogP) is 6.00. The highest BCUT2D eigenvalue weighted by molar-refractivity contribution is 5.96. The van der Waals surface area contributed by atoms with Crippen molar-refractivity contribution in [2.75, 3.05) is 0 Å². The van der Waals surface area contributed by atoms with Crippen molar-refractivity contribution < 1.29 is 4.79 Å². The molecule has 0 saturated heterocycles. The molecule has 1 aliphatic carbocycles. The predicted molar refractivity (Wildman–Crippen MR) is 106 cm³/mol. The number of allylic oxidation sites excluding steroid dienone is 2. The molecule has 25 heavy (non-hydrogen) atoms. The third-order valence-corrected chi connectivity index (χ3v) is 5.26. The van der Waals surface area contributed by atoms with Crippen molar-refractivity contribution in [1.29, 1.82) is 0 Å². The Morgan fingerprint density at radius 2 is 1.52 bits per heavy atom. The molecule has 3 aromatic rings. The van der Waals surface area contributed by atoms with E-state index in [0.29, 0.717) is 0 Å². The summed E-state index contributed by atoms with van der Waals surface area (Å²) < 4.78 is 0. The normalized spacial score (nSPS) is 16.0. The van der Waals surface area contributed by atoms with E-state index in [9.17, 15) is 4.79 Å². The minimum Gasteiger partial charge on any atom is -0.233 e. The lowest BCUT2D eigenvalue weighted by Gasteiger charge is -2.18. The Hall–Kier alpha value is -2.89. The van der Waals surface area contributed by atoms with Crippen molar-refractivity contribution in [3.63, 3.8) is 0 Å². The molecule has 0 aromatic heterocycles. The fourth-order valence-corrected chi connectivity index (χ4v) is 3.57. The SMILES string of the molecule is Cc1cc2ccc(-c3ccc4c(c3)C=CC(C)C4=C=O)cc2cc1C. The summed E-state index contributed by atoms with van der Waals surface area (Å²) in [6.45, 7) is 6.33. The molecule has 0 radical (unpaired) electrons. The van der Waals surface area contributed by atoms with Gasteiger partial charge in [-0.05, 0) is 70.1 Å². The standard InChI is InChI=1S/C24H20O/c1-15-4-5-21-12-20(8-9-23(21)24(15)14-25)19-7-6-18-10-16(2)17(3)11-22(18)13-19/h4-13,15H,1-3H3. The van der Waals surface area contributed by atoms with Gasteiger partial charge in [-0.1, -0.05) is 55.5 Å². The summed E-state index contributed by atoms with van der Waals surface area (Å²) in [6, 6.07) is 17.4. The zero-order valence-corrected chi connectivity index (χ0v) is 14.8. The minimum absolute atomic E-state index is 0.128. The monoisotopic (exact) mass is 324 g/mol. The van der Waals surface area contributed by atoms with E-state index in [1.807, 2.05) is 6.92 Å². The van der Waals surface area contributed by atoms with E-state index >= 15 is 0 Å². The van der Waals surface area contributed by atoms with E-state index in [1.54, 1.807) is 0 Å². The topological polar surface area (TPSA) is 17.1 Å². The molecule has 0 spiro atoms. The van der Waals surface area contributed by atoms with Crippen LogP contribution in [0.3, 0.4) is 0 Å². The molecule has 0 heterocycles. The number of carbonyl (C=O) groups excluding carboxylic acids is 1. The van der Waals surface area contributed by atoms with Gasteiger partial charge in [-0.3, -0.25) is 0 Å². The highest BCUT2D eigenvalue weighted by Crippen LogP contribution is 2.34. The summed E-state index contributed by atoms with van der Waals surface area (Å²) in [5.41, 5.74) is 7.84. The number of aryl methyl sites for hydroxylation is 2. The highest BCUT2D eigenvalue weighted by Gasteiger charge is 2.17. The Labute approximate surface area is 148 Å². The quantitative estimate of drug-likeness (QED) is 0.502. The molecule has 0 N–H and O–H groups in total. The van der Waals surface area contributed by atoms with E-state index in [2.05, 4.69) is 80.5 Å². The van der Waals surface area contributed by atoms with E-state index in [4.69, 9.17) is 0 Å². The molecule has 1 atom stereocenters. The summed E-state index contributed by atoms with van der Waals surface area (Å²) in [5.74, 6) is 2.25. The Morgan fingerprint density at radius 1 is 0.840 bits per heavy atom. The molecular weight excluding hydrogens is 304 g/mol. The first-order valence-electron chi connectivity index (χ1n) is 8.66. The van der Waals surface area contributed by atoms with E-state index in [1.165, 1.54) is 33.0 Å². The Morgan fingerprint density at radius 3 is 2.28 bits per heavy atom. The van der Waals surface area contributed by atoms with Crippen molar-refractivity contribution in [2.45, 2.75) is 20.8 Å². The number of hydrogen-bond donors (Lipinski definition) is 0. The summed E-state index contributed by atoms with van der Waals surface area (Å²) in [5, 5.41) is 2.53. The summed E-state index contributed by atoms with van der Waals surface area (Å²) in [4.78, 5) is 11.3. The average Bonchev–Trinajstić information content (AvgIpc) is 2.62. The molecule has 4 rings (SSSR count). The minimum atomic E-state index is 0.128. The van der Waals surface area contributed by atoms with Crippen molar-refractivity contribution in [2.24, 2.45) is 5.92 Å². The van der Waals surface area contributed by atoms with Crippen LogP contribution < -0.4 is 0 Å². The highest BCUT2D eigenvalue weighted by atomic mass is 16.1. The van der Waals surface area contributed by atoms with Gasteiger partial charge in [-0.25, -0.2) is 4.79 Å². The maximum absolute atomic E-state index is 11.3. The third-order valence-electron chi connectivity index (χ3n) is 5.26. The van der Waals surface area contributed by atoms with Crippen LogP contribution in [0.25, 0.3) is 33.5 Å². The number of benzene rings is 3. The second kappa shape index (κ2) is 5.88. The van der Waals surface area contributed by atoms with Gasteiger partial charge in [0.2, 0.25) is 0 Å². The summed E-state index contributed by atoms with van der Waals surface area (Å²) >= 11 is 0. The van der Waals surface area contributed by atoms with Crippen LogP contribution in [0.4, 0.5) is 0 Å². The lowest BCUT2D eigenvalue weighted by Crippen LogP contribution is -2.03. The lowest BCUT2D eigenvalue weighted by atomic mass is 9.85. The molecule has 1 unspecified atom stereocenters. The number of fused-ring (bicyclic) bond motifs is 2. The van der Waals surface area contributed by atoms with Crippen molar-refractivity contribution in [1.82, 2.24) is 0 Å². The van der Waals surface area contributed by atoms with Crippen LogP contribution in [-0.4, -0.2) is 5.94 Å². The van der Waals surface area contributed by atoms with Crippen LogP contribution in [0.2, 0.25) is 0 Å². The second-order valence-electron chi connectivity index (χ2n) is 6.96. The van der Waals surface area contributed by atoms with Crippen molar-refractivity contribution >= 4 is 28.4 Å². The molecule has 3 aromatic carbocycles. The molecular formula is C24H20O. The molecule has 0 saturated carbocycles. The second-order valence-corrected chi connectivity index (χ2v) is 6.96. The Balaban J connectivity index is 1.84. The smallest absolute Gasteiger partial charge is 0.129 e. The zero-order valence-electron chi connectivity index (χ0n) is 14.8. The van der Waals surface area contributed by atoms with Gasteiger partial charge in [0.25, 0.3) is 0 Å². The third kappa shape index (κ3) is 2.63. The van der Waals surface area contributed by atoms with Gasteiger partial charge in [-0.2, -0.15) is 0 Å². The summed E-state index contributed by atoms with van der Waals surface area (Å²) in [6.07, 6.45) is 4.18. The number of rotatable bonds is 1. The van der Waals surface area contributed by atoms with Crippen LogP contribution in [0.15, 0.2) is 54.6 Å². The van der Waals surface area contributed by atoms with E-state index in [0.717, 1.165) is 16.7 Å². The van der Waals surface area contributed by atoms with Gasteiger partial charge in [0.15, 0.2) is 0 Å². The van der Waals surface area contributed by atoms with Crippen molar-refractivity contribution in [3.05, 3.63) is 76.9 Å². The molecule has 1 aliphatic rings. The van der Waals surface area contributed by atoms with E-state index < -0.39 is 0 Å². The molecule has 122 valence electrons.